The molecule has 0 aromatic heterocycles. The third-order valence-corrected chi connectivity index (χ3v) is 3.86. The van der Waals surface area contributed by atoms with Crippen molar-refractivity contribution in [2.24, 2.45) is 0 Å². The number of rotatable bonds is 5. The van der Waals surface area contributed by atoms with E-state index in [0.717, 1.165) is 9.37 Å². The molecule has 18 heavy (non-hydrogen) atoms. The predicted molar refractivity (Wildman–Crippen MR) is 77.1 cm³/mol. The number of thioether (sulfide) groups is 1. The Morgan fingerprint density at radius 3 is 3.00 bits per heavy atom. The summed E-state index contributed by atoms with van der Waals surface area (Å²) in [6, 6.07) is 7.57. The summed E-state index contributed by atoms with van der Waals surface area (Å²) in [6.45, 7) is 0.462. The Kier molecular flexibility index (Phi) is 6.02. The van der Waals surface area contributed by atoms with Crippen molar-refractivity contribution in [3.05, 3.63) is 22.7 Å². The van der Waals surface area contributed by atoms with E-state index in [4.69, 9.17) is 11.0 Å². The SMILES string of the molecule is CN(CCC#N)C(=O)CSc1cc(Br)ccc1N. The Balaban J connectivity index is 2.52. The minimum atomic E-state index is -0.00498. The highest BCUT2D eigenvalue weighted by Gasteiger charge is 2.10. The first-order chi connectivity index (χ1) is 8.54. The highest BCUT2D eigenvalue weighted by atomic mass is 79.9. The summed E-state index contributed by atoms with van der Waals surface area (Å²) < 4.78 is 0.935. The molecule has 0 saturated carbocycles. The number of benzene rings is 1. The number of carbonyl (C=O) groups is 1. The van der Waals surface area contributed by atoms with E-state index in [9.17, 15) is 4.79 Å². The van der Waals surface area contributed by atoms with Gasteiger partial charge in [-0.25, -0.2) is 0 Å². The van der Waals surface area contributed by atoms with Crippen molar-refractivity contribution in [3.8, 4) is 6.07 Å². The summed E-state index contributed by atoms with van der Waals surface area (Å²) in [7, 11) is 1.70. The van der Waals surface area contributed by atoms with Crippen LogP contribution in [-0.2, 0) is 4.79 Å². The number of amides is 1. The summed E-state index contributed by atoms with van der Waals surface area (Å²) in [5.74, 6) is 0.317. The van der Waals surface area contributed by atoms with E-state index >= 15 is 0 Å². The molecule has 4 nitrogen and oxygen atoms in total. The van der Waals surface area contributed by atoms with Crippen molar-refractivity contribution in [1.82, 2.24) is 4.90 Å². The third kappa shape index (κ3) is 4.59. The maximum Gasteiger partial charge on any atom is 0.232 e. The molecule has 0 heterocycles. The van der Waals surface area contributed by atoms with E-state index in [1.165, 1.54) is 11.8 Å². The molecular formula is C12H14BrN3OS. The molecule has 6 heteroatoms. The van der Waals surface area contributed by atoms with Gasteiger partial charge in [-0.15, -0.1) is 11.8 Å². The van der Waals surface area contributed by atoms with E-state index in [0.29, 0.717) is 24.4 Å². The number of anilines is 1. The Morgan fingerprint density at radius 1 is 1.61 bits per heavy atom. The van der Waals surface area contributed by atoms with E-state index in [-0.39, 0.29) is 5.91 Å². The number of nitrogens with two attached hydrogens (primary N) is 1. The van der Waals surface area contributed by atoms with Gasteiger partial charge in [0.2, 0.25) is 5.91 Å². The lowest BCUT2D eigenvalue weighted by Crippen LogP contribution is -2.29. The summed E-state index contributed by atoms with van der Waals surface area (Å²) in [6.07, 6.45) is 0.353. The van der Waals surface area contributed by atoms with Gasteiger partial charge < -0.3 is 10.6 Å². The fourth-order valence-corrected chi connectivity index (χ4v) is 2.68. The first-order valence-corrected chi connectivity index (χ1v) is 7.11. The normalized spacial score (nSPS) is 9.83. The van der Waals surface area contributed by atoms with Gasteiger partial charge in [-0.05, 0) is 18.2 Å². The van der Waals surface area contributed by atoms with Crippen LogP contribution in [0.25, 0.3) is 0 Å². The summed E-state index contributed by atoms with van der Waals surface area (Å²) >= 11 is 4.77. The van der Waals surface area contributed by atoms with Gasteiger partial charge in [-0.1, -0.05) is 15.9 Å². The van der Waals surface area contributed by atoms with Gasteiger partial charge >= 0.3 is 0 Å². The molecule has 0 radical (unpaired) electrons. The number of nitrogen functional groups attached to an aromatic ring is 1. The van der Waals surface area contributed by atoms with Gasteiger partial charge in [0, 0.05) is 28.6 Å². The molecule has 96 valence electrons. The lowest BCUT2D eigenvalue weighted by atomic mass is 10.3. The second kappa shape index (κ2) is 7.29. The molecule has 0 aliphatic rings. The van der Waals surface area contributed by atoms with E-state index < -0.39 is 0 Å². The fraction of sp³-hybridized carbons (Fsp3) is 0.333. The number of nitriles is 1. The zero-order valence-corrected chi connectivity index (χ0v) is 12.4. The number of nitrogens with zero attached hydrogens (tertiary/aromatic N) is 2. The Bertz CT molecular complexity index is 473. The predicted octanol–water partition coefficient (Wildman–Crippen LogP) is 2.50. The molecule has 0 aliphatic carbocycles. The van der Waals surface area contributed by atoms with Crippen LogP contribution in [0.15, 0.2) is 27.6 Å². The van der Waals surface area contributed by atoms with E-state index in [1.807, 2.05) is 18.2 Å². The van der Waals surface area contributed by atoms with Gasteiger partial charge in [0.05, 0.1) is 18.2 Å². The van der Waals surface area contributed by atoms with Crippen molar-refractivity contribution in [2.75, 3.05) is 25.1 Å². The summed E-state index contributed by atoms with van der Waals surface area (Å²) in [4.78, 5) is 14.2. The van der Waals surface area contributed by atoms with Gasteiger partial charge in [-0.2, -0.15) is 5.26 Å². The molecule has 1 rings (SSSR count). The van der Waals surface area contributed by atoms with E-state index in [1.54, 1.807) is 18.0 Å². The summed E-state index contributed by atoms with van der Waals surface area (Å²) in [5.41, 5.74) is 6.49. The molecular weight excluding hydrogens is 314 g/mol. The molecule has 0 aliphatic heterocycles. The molecule has 0 spiro atoms. The standard InChI is InChI=1S/C12H14BrN3OS/c1-16(6-2-5-14)12(17)8-18-11-7-9(13)3-4-10(11)15/h3-4,7H,2,6,8,15H2,1H3. The maximum absolute atomic E-state index is 11.8. The Morgan fingerprint density at radius 2 is 2.33 bits per heavy atom. The summed E-state index contributed by atoms with van der Waals surface area (Å²) in [5, 5.41) is 8.46. The molecule has 1 amide bonds. The zero-order valence-electron chi connectivity index (χ0n) is 10.0. The minimum Gasteiger partial charge on any atom is -0.398 e. The largest absolute Gasteiger partial charge is 0.398 e. The Labute approximate surface area is 119 Å². The fourth-order valence-electron chi connectivity index (χ4n) is 1.23. The average Bonchev–Trinajstić information content (AvgIpc) is 2.36. The lowest BCUT2D eigenvalue weighted by Gasteiger charge is -2.15. The molecule has 0 atom stereocenters. The van der Waals surface area contributed by atoms with Crippen LogP contribution < -0.4 is 5.73 Å². The van der Waals surface area contributed by atoms with Crippen LogP contribution in [0.3, 0.4) is 0 Å². The Hall–Kier alpha value is -1.19. The highest BCUT2D eigenvalue weighted by molar-refractivity contribution is 9.10. The molecule has 0 saturated heterocycles. The van der Waals surface area contributed by atoms with Crippen LogP contribution >= 0.6 is 27.7 Å². The van der Waals surface area contributed by atoms with Gasteiger partial charge in [-0.3, -0.25) is 4.79 Å². The zero-order chi connectivity index (χ0) is 13.5. The molecule has 0 fully saturated rings. The van der Waals surface area contributed by atoms with Crippen molar-refractivity contribution in [2.45, 2.75) is 11.3 Å². The third-order valence-electron chi connectivity index (χ3n) is 2.31. The second-order valence-corrected chi connectivity index (χ2v) is 5.63. The number of halogens is 1. The minimum absolute atomic E-state index is 0.00498. The van der Waals surface area contributed by atoms with E-state index in [2.05, 4.69) is 15.9 Å². The smallest absolute Gasteiger partial charge is 0.232 e. The first kappa shape index (κ1) is 14.9. The van der Waals surface area contributed by atoms with Crippen LogP contribution in [0.4, 0.5) is 5.69 Å². The van der Waals surface area contributed by atoms with Gasteiger partial charge in [0.1, 0.15) is 0 Å². The molecule has 1 aromatic carbocycles. The maximum atomic E-state index is 11.8. The molecule has 1 aromatic rings. The molecule has 0 unspecified atom stereocenters. The van der Waals surface area contributed by atoms with Crippen LogP contribution in [0, 0.1) is 11.3 Å². The monoisotopic (exact) mass is 327 g/mol. The van der Waals surface area contributed by atoms with Crippen molar-refractivity contribution >= 4 is 39.3 Å². The lowest BCUT2D eigenvalue weighted by molar-refractivity contribution is -0.127. The second-order valence-electron chi connectivity index (χ2n) is 3.69. The number of hydrogen-bond donors (Lipinski definition) is 1. The van der Waals surface area contributed by atoms with Crippen LogP contribution in [0.1, 0.15) is 6.42 Å². The van der Waals surface area contributed by atoms with Crippen molar-refractivity contribution < 1.29 is 4.79 Å². The van der Waals surface area contributed by atoms with Gasteiger partial charge in [0.15, 0.2) is 0 Å². The molecule has 2 N–H and O–H groups in total. The topological polar surface area (TPSA) is 70.1 Å². The number of carbonyl (C=O) groups excluding carboxylic acids is 1. The van der Waals surface area contributed by atoms with Crippen LogP contribution in [0.5, 0.6) is 0 Å². The van der Waals surface area contributed by atoms with Crippen molar-refractivity contribution in [1.29, 1.82) is 5.26 Å². The quantitative estimate of drug-likeness (QED) is 0.666. The van der Waals surface area contributed by atoms with Crippen molar-refractivity contribution in [3.63, 3.8) is 0 Å². The number of hydrogen-bond acceptors (Lipinski definition) is 4. The van der Waals surface area contributed by atoms with Gasteiger partial charge in [0.25, 0.3) is 0 Å². The average molecular weight is 328 g/mol. The first-order valence-electron chi connectivity index (χ1n) is 5.33. The highest BCUT2D eigenvalue weighted by Crippen LogP contribution is 2.28. The van der Waals surface area contributed by atoms with Crippen LogP contribution in [-0.4, -0.2) is 30.2 Å². The molecule has 0 bridgehead atoms. The van der Waals surface area contributed by atoms with Crippen LogP contribution in [0.2, 0.25) is 0 Å².